The minimum Gasteiger partial charge on any atom is -0.493 e. The molecule has 0 radical (unpaired) electrons. The molecule has 3 nitrogen and oxygen atoms in total. The molecule has 0 bridgehead atoms. The van der Waals surface area contributed by atoms with Gasteiger partial charge in [-0.05, 0) is 30.9 Å². The standard InChI is InChI=1S/C15H18BrNO2/c16-9-15(6-1-7-15)10-19-12-4-2-11-3-5-14(18)17-13(11)8-12/h2,4,8H,1,3,5-7,9-10H2,(H,17,18). The molecule has 1 heterocycles. The van der Waals surface area contributed by atoms with E-state index in [9.17, 15) is 4.79 Å². The second-order valence-electron chi connectivity index (χ2n) is 5.64. The third kappa shape index (κ3) is 2.64. The molecule has 0 saturated heterocycles. The highest BCUT2D eigenvalue weighted by atomic mass is 79.9. The quantitative estimate of drug-likeness (QED) is 0.861. The Labute approximate surface area is 121 Å². The predicted octanol–water partition coefficient (Wildman–Crippen LogP) is 3.52. The van der Waals surface area contributed by atoms with E-state index in [1.165, 1.54) is 24.8 Å². The Morgan fingerprint density at radius 3 is 2.84 bits per heavy atom. The molecule has 1 saturated carbocycles. The molecule has 102 valence electrons. The summed E-state index contributed by atoms with van der Waals surface area (Å²) in [4.78, 5) is 11.4. The van der Waals surface area contributed by atoms with E-state index < -0.39 is 0 Å². The number of carbonyl (C=O) groups excluding carboxylic acids is 1. The summed E-state index contributed by atoms with van der Waals surface area (Å²) < 4.78 is 5.92. The lowest BCUT2D eigenvalue weighted by molar-refractivity contribution is -0.116. The van der Waals surface area contributed by atoms with Gasteiger partial charge in [-0.15, -0.1) is 0 Å². The fourth-order valence-electron chi connectivity index (χ4n) is 2.67. The zero-order valence-corrected chi connectivity index (χ0v) is 12.5. The zero-order chi connectivity index (χ0) is 13.3. The van der Waals surface area contributed by atoms with Crippen LogP contribution in [-0.4, -0.2) is 17.8 Å². The molecule has 0 spiro atoms. The van der Waals surface area contributed by atoms with Gasteiger partial charge in [-0.25, -0.2) is 0 Å². The van der Waals surface area contributed by atoms with Crippen LogP contribution in [0.4, 0.5) is 5.69 Å². The Bertz CT molecular complexity index is 491. The molecule has 3 rings (SSSR count). The van der Waals surface area contributed by atoms with Crippen molar-refractivity contribution in [3.05, 3.63) is 23.8 Å². The van der Waals surface area contributed by atoms with Crippen LogP contribution in [0.2, 0.25) is 0 Å². The average molecular weight is 324 g/mol. The maximum atomic E-state index is 11.4. The van der Waals surface area contributed by atoms with E-state index in [4.69, 9.17) is 4.74 Å². The molecular weight excluding hydrogens is 306 g/mol. The first-order chi connectivity index (χ1) is 9.21. The smallest absolute Gasteiger partial charge is 0.224 e. The van der Waals surface area contributed by atoms with Crippen LogP contribution in [0.3, 0.4) is 0 Å². The van der Waals surface area contributed by atoms with Crippen LogP contribution in [0.5, 0.6) is 5.75 Å². The van der Waals surface area contributed by atoms with E-state index in [2.05, 4.69) is 27.3 Å². The Morgan fingerprint density at radius 1 is 1.32 bits per heavy atom. The topological polar surface area (TPSA) is 38.3 Å². The van der Waals surface area contributed by atoms with Crippen molar-refractivity contribution in [3.8, 4) is 5.75 Å². The Morgan fingerprint density at radius 2 is 2.16 bits per heavy atom. The summed E-state index contributed by atoms with van der Waals surface area (Å²) in [6.07, 6.45) is 5.18. The molecule has 1 aromatic carbocycles. The Kier molecular flexibility index (Phi) is 3.52. The minimum atomic E-state index is 0.0978. The lowest BCUT2D eigenvalue weighted by Crippen LogP contribution is -2.37. The first-order valence-electron chi connectivity index (χ1n) is 6.82. The van der Waals surface area contributed by atoms with Crippen LogP contribution in [0.1, 0.15) is 31.2 Å². The maximum Gasteiger partial charge on any atom is 0.224 e. The summed E-state index contributed by atoms with van der Waals surface area (Å²) in [5.74, 6) is 0.953. The lowest BCUT2D eigenvalue weighted by Gasteiger charge is -2.40. The number of benzene rings is 1. The van der Waals surface area contributed by atoms with Gasteiger partial charge in [-0.3, -0.25) is 4.79 Å². The molecule has 2 aliphatic rings. The zero-order valence-electron chi connectivity index (χ0n) is 10.9. The van der Waals surface area contributed by atoms with E-state index in [1.54, 1.807) is 0 Å². The predicted molar refractivity (Wildman–Crippen MR) is 79.0 cm³/mol. The monoisotopic (exact) mass is 323 g/mol. The largest absolute Gasteiger partial charge is 0.493 e. The summed E-state index contributed by atoms with van der Waals surface area (Å²) in [7, 11) is 0. The molecule has 1 fully saturated rings. The van der Waals surface area contributed by atoms with Crippen molar-refractivity contribution in [1.29, 1.82) is 0 Å². The molecule has 0 unspecified atom stereocenters. The number of carbonyl (C=O) groups is 1. The highest BCUT2D eigenvalue weighted by molar-refractivity contribution is 9.09. The van der Waals surface area contributed by atoms with Crippen LogP contribution in [0, 0.1) is 5.41 Å². The number of aryl methyl sites for hydroxylation is 1. The van der Waals surface area contributed by atoms with Crippen molar-refractivity contribution in [2.45, 2.75) is 32.1 Å². The summed E-state index contributed by atoms with van der Waals surface area (Å²) in [6.45, 7) is 0.755. The van der Waals surface area contributed by atoms with Crippen LogP contribution >= 0.6 is 15.9 Å². The lowest BCUT2D eigenvalue weighted by atomic mass is 9.71. The highest BCUT2D eigenvalue weighted by Crippen LogP contribution is 2.42. The number of anilines is 1. The number of ether oxygens (including phenoxy) is 1. The van der Waals surface area contributed by atoms with Crippen LogP contribution in [-0.2, 0) is 11.2 Å². The van der Waals surface area contributed by atoms with Crippen molar-refractivity contribution in [2.75, 3.05) is 17.3 Å². The summed E-state index contributed by atoms with van der Waals surface area (Å²) >= 11 is 3.59. The van der Waals surface area contributed by atoms with Gasteiger partial charge in [0.2, 0.25) is 5.91 Å². The van der Waals surface area contributed by atoms with E-state index >= 15 is 0 Å². The molecule has 4 heteroatoms. The summed E-state index contributed by atoms with van der Waals surface area (Å²) in [5.41, 5.74) is 2.43. The first kappa shape index (κ1) is 13.0. The van der Waals surface area contributed by atoms with Crippen LogP contribution in [0.25, 0.3) is 0 Å². The minimum absolute atomic E-state index is 0.0978. The molecule has 0 aromatic heterocycles. The molecule has 1 aromatic rings. The number of fused-ring (bicyclic) bond motifs is 1. The maximum absolute atomic E-state index is 11.4. The van der Waals surface area contributed by atoms with Gasteiger partial charge in [0.25, 0.3) is 0 Å². The average Bonchev–Trinajstić information content (AvgIpc) is 2.37. The number of nitrogens with one attached hydrogen (secondary N) is 1. The second kappa shape index (κ2) is 5.16. The highest BCUT2D eigenvalue weighted by Gasteiger charge is 2.36. The molecule has 0 atom stereocenters. The Hall–Kier alpha value is -1.03. The van der Waals surface area contributed by atoms with E-state index in [0.29, 0.717) is 11.8 Å². The fraction of sp³-hybridized carbons (Fsp3) is 0.533. The SMILES string of the molecule is O=C1CCc2ccc(OCC3(CBr)CCC3)cc2N1. The van der Waals surface area contributed by atoms with Crippen molar-refractivity contribution in [2.24, 2.45) is 5.41 Å². The molecule has 1 amide bonds. The summed E-state index contributed by atoms with van der Waals surface area (Å²) in [6, 6.07) is 6.02. The van der Waals surface area contributed by atoms with E-state index in [0.717, 1.165) is 29.8 Å². The van der Waals surface area contributed by atoms with Gasteiger partial charge in [0, 0.05) is 28.9 Å². The van der Waals surface area contributed by atoms with Gasteiger partial charge in [-0.2, -0.15) is 0 Å². The third-order valence-corrected chi connectivity index (χ3v) is 5.41. The number of alkyl halides is 1. The number of halogens is 1. The number of hydrogen-bond donors (Lipinski definition) is 1. The van der Waals surface area contributed by atoms with E-state index in [1.807, 2.05) is 12.1 Å². The number of hydrogen-bond acceptors (Lipinski definition) is 2. The molecule has 19 heavy (non-hydrogen) atoms. The third-order valence-electron chi connectivity index (χ3n) is 4.22. The van der Waals surface area contributed by atoms with Crippen molar-refractivity contribution in [3.63, 3.8) is 0 Å². The Balaban J connectivity index is 1.68. The van der Waals surface area contributed by atoms with Crippen molar-refractivity contribution in [1.82, 2.24) is 0 Å². The fourth-order valence-corrected chi connectivity index (χ4v) is 3.39. The van der Waals surface area contributed by atoms with E-state index in [-0.39, 0.29) is 5.91 Å². The van der Waals surface area contributed by atoms with Gasteiger partial charge in [0.15, 0.2) is 0 Å². The number of amides is 1. The van der Waals surface area contributed by atoms with Gasteiger partial charge >= 0.3 is 0 Å². The van der Waals surface area contributed by atoms with Crippen LogP contribution in [0.15, 0.2) is 18.2 Å². The molecule has 1 aliphatic heterocycles. The summed E-state index contributed by atoms with van der Waals surface area (Å²) in [5, 5.41) is 3.91. The normalized spacial score (nSPS) is 20.2. The van der Waals surface area contributed by atoms with Gasteiger partial charge in [-0.1, -0.05) is 28.4 Å². The molecule has 1 N–H and O–H groups in total. The number of rotatable bonds is 4. The van der Waals surface area contributed by atoms with Crippen molar-refractivity contribution < 1.29 is 9.53 Å². The van der Waals surface area contributed by atoms with Gasteiger partial charge in [0.1, 0.15) is 5.75 Å². The van der Waals surface area contributed by atoms with Crippen LogP contribution < -0.4 is 10.1 Å². The molecular formula is C15H18BrNO2. The van der Waals surface area contributed by atoms with Gasteiger partial charge in [0.05, 0.1) is 6.61 Å². The van der Waals surface area contributed by atoms with Crippen molar-refractivity contribution >= 4 is 27.5 Å². The van der Waals surface area contributed by atoms with Gasteiger partial charge < -0.3 is 10.1 Å². The first-order valence-corrected chi connectivity index (χ1v) is 7.95. The molecule has 1 aliphatic carbocycles. The second-order valence-corrected chi connectivity index (χ2v) is 6.20.